The molecule has 0 aromatic heterocycles. The summed E-state index contributed by atoms with van der Waals surface area (Å²) in [6, 6.07) is 11.1. The van der Waals surface area contributed by atoms with Crippen molar-refractivity contribution in [3.63, 3.8) is 0 Å². The number of hydrogen-bond donors (Lipinski definition) is 1. The molecule has 1 unspecified atom stereocenters. The molecule has 2 N–H and O–H groups in total. The van der Waals surface area contributed by atoms with Gasteiger partial charge in [-0.15, -0.1) is 5.92 Å². The third kappa shape index (κ3) is 2.85. The summed E-state index contributed by atoms with van der Waals surface area (Å²) in [6.45, 7) is 6.71. The van der Waals surface area contributed by atoms with Crippen molar-refractivity contribution in [1.29, 1.82) is 0 Å². The highest BCUT2D eigenvalue weighted by atomic mass is 32.2. The highest BCUT2D eigenvalue weighted by Gasteiger charge is 2.49. The van der Waals surface area contributed by atoms with Crippen LogP contribution in [-0.2, 0) is 26.2 Å². The van der Waals surface area contributed by atoms with Gasteiger partial charge in [-0.05, 0) is 69.2 Å². The van der Waals surface area contributed by atoms with E-state index < -0.39 is 30.9 Å². The fraction of sp³-hybridized carbons (Fsp3) is 0.318. The lowest BCUT2D eigenvalue weighted by Crippen LogP contribution is -2.54. The molecule has 0 saturated heterocycles. The molecule has 0 bridgehead atoms. The molecule has 2 atom stereocenters. The van der Waals surface area contributed by atoms with Crippen molar-refractivity contribution in [3.8, 4) is 23.0 Å². The summed E-state index contributed by atoms with van der Waals surface area (Å²) in [5, 5.41) is 0. The fourth-order valence-corrected chi connectivity index (χ4v) is 6.82. The first-order valence-corrected chi connectivity index (χ1v) is 12.0. The molecule has 2 aromatic carbocycles. The molecule has 2 aromatic rings. The van der Waals surface area contributed by atoms with Crippen molar-refractivity contribution in [2.45, 2.75) is 47.8 Å². The van der Waals surface area contributed by atoms with Crippen molar-refractivity contribution in [1.82, 2.24) is 0 Å². The van der Waals surface area contributed by atoms with Gasteiger partial charge in [-0.2, -0.15) is 0 Å². The lowest BCUT2D eigenvalue weighted by atomic mass is 9.90. The van der Waals surface area contributed by atoms with E-state index in [0.717, 1.165) is 27.1 Å². The van der Waals surface area contributed by atoms with Crippen LogP contribution in [0.2, 0.25) is 0 Å². The van der Waals surface area contributed by atoms with Crippen LogP contribution in [0.25, 0.3) is 11.1 Å². The Labute approximate surface area is 173 Å². The summed E-state index contributed by atoms with van der Waals surface area (Å²) >= 11 is 0. The minimum Gasteiger partial charge on any atom is -0.386 e. The maximum Gasteiger partial charge on any atom is 0.165 e. The van der Waals surface area contributed by atoms with E-state index in [1.54, 1.807) is 39.8 Å². The van der Waals surface area contributed by atoms with E-state index in [9.17, 15) is 12.6 Å². The van der Waals surface area contributed by atoms with Gasteiger partial charge in [-0.25, -0.2) is 12.6 Å². The zero-order chi connectivity index (χ0) is 21.2. The molecule has 0 saturated carbocycles. The highest BCUT2D eigenvalue weighted by Crippen LogP contribution is 2.44. The van der Waals surface area contributed by atoms with E-state index >= 15 is 0 Å². The Balaban J connectivity index is 1.90. The fourth-order valence-electron chi connectivity index (χ4n) is 3.77. The molecule has 2 heterocycles. The SMILES string of the molecule is CC#Cc1ccc2c(c1)-c1cc([C@]3(C)CS(=O)(=O)C(C)(C)C(N)=N3)ccc1S2=O. The maximum atomic E-state index is 12.9. The minimum atomic E-state index is -3.50. The topological polar surface area (TPSA) is 89.6 Å². The Hall–Kier alpha value is -2.43. The van der Waals surface area contributed by atoms with E-state index in [-0.39, 0.29) is 11.6 Å². The van der Waals surface area contributed by atoms with Crippen molar-refractivity contribution < 1.29 is 12.6 Å². The molecule has 0 aliphatic carbocycles. The summed E-state index contributed by atoms with van der Waals surface area (Å²) in [5.74, 6) is 5.88. The highest BCUT2D eigenvalue weighted by molar-refractivity contribution is 7.93. The summed E-state index contributed by atoms with van der Waals surface area (Å²) in [4.78, 5) is 6.05. The molecule has 5 nitrogen and oxygen atoms in total. The molecule has 0 spiro atoms. The van der Waals surface area contributed by atoms with Crippen LogP contribution in [-0.4, -0.2) is 29.0 Å². The number of benzene rings is 2. The van der Waals surface area contributed by atoms with Crippen molar-refractivity contribution in [2.75, 3.05) is 5.75 Å². The van der Waals surface area contributed by atoms with E-state index in [0.29, 0.717) is 4.90 Å². The van der Waals surface area contributed by atoms with Crippen LogP contribution in [0, 0.1) is 11.8 Å². The maximum absolute atomic E-state index is 12.9. The van der Waals surface area contributed by atoms with Crippen LogP contribution in [0.15, 0.2) is 51.2 Å². The number of fused-ring (bicyclic) bond motifs is 3. The molecule has 0 fully saturated rings. The average molecular weight is 427 g/mol. The predicted octanol–water partition coefficient (Wildman–Crippen LogP) is 2.98. The van der Waals surface area contributed by atoms with Crippen LogP contribution < -0.4 is 5.73 Å². The summed E-state index contributed by atoms with van der Waals surface area (Å²) in [5.41, 5.74) is 8.34. The second kappa shape index (κ2) is 6.28. The van der Waals surface area contributed by atoms with Crippen LogP contribution in [0.5, 0.6) is 0 Å². The van der Waals surface area contributed by atoms with Gasteiger partial charge in [-0.3, -0.25) is 4.99 Å². The Morgan fingerprint density at radius 2 is 1.69 bits per heavy atom. The van der Waals surface area contributed by atoms with E-state index in [2.05, 4.69) is 16.8 Å². The number of rotatable bonds is 1. The van der Waals surface area contributed by atoms with Gasteiger partial charge < -0.3 is 5.73 Å². The zero-order valence-electron chi connectivity index (χ0n) is 16.7. The zero-order valence-corrected chi connectivity index (χ0v) is 18.4. The molecule has 2 aliphatic heterocycles. The number of nitrogens with two attached hydrogens (primary N) is 1. The van der Waals surface area contributed by atoms with E-state index in [4.69, 9.17) is 5.73 Å². The lowest BCUT2D eigenvalue weighted by Gasteiger charge is -2.38. The van der Waals surface area contributed by atoms with Gasteiger partial charge in [0.2, 0.25) is 0 Å². The molecule has 7 heteroatoms. The lowest BCUT2D eigenvalue weighted by molar-refractivity contribution is 0.501. The van der Waals surface area contributed by atoms with E-state index in [1.807, 2.05) is 24.3 Å². The number of sulfone groups is 1. The van der Waals surface area contributed by atoms with Gasteiger partial charge in [0.25, 0.3) is 0 Å². The molecular formula is C22H22N2O3S2. The smallest absolute Gasteiger partial charge is 0.165 e. The number of aliphatic imine (C=N–C) groups is 1. The van der Waals surface area contributed by atoms with Crippen LogP contribution in [0.3, 0.4) is 0 Å². The summed E-state index contributed by atoms with van der Waals surface area (Å²) < 4.78 is 37.5. The average Bonchev–Trinajstić information content (AvgIpc) is 2.92. The Bertz CT molecular complexity index is 1280. The minimum absolute atomic E-state index is 0.108. The molecule has 0 radical (unpaired) electrons. The Morgan fingerprint density at radius 3 is 2.31 bits per heavy atom. The van der Waals surface area contributed by atoms with Crippen LogP contribution in [0.4, 0.5) is 0 Å². The molecule has 150 valence electrons. The summed E-state index contributed by atoms with van der Waals surface area (Å²) in [7, 11) is -4.77. The molecular weight excluding hydrogens is 404 g/mol. The first-order valence-electron chi connectivity index (χ1n) is 9.22. The number of nitrogens with zero attached hydrogens (tertiary/aromatic N) is 1. The molecule has 0 amide bonds. The van der Waals surface area contributed by atoms with Gasteiger partial charge in [0.05, 0.1) is 31.9 Å². The van der Waals surface area contributed by atoms with E-state index in [1.165, 1.54) is 0 Å². The normalized spacial score (nSPS) is 25.9. The Kier molecular flexibility index (Phi) is 4.30. The second-order valence-corrected chi connectivity index (χ2v) is 12.1. The largest absolute Gasteiger partial charge is 0.386 e. The standard InChI is InChI=1S/C22H22N2O3S2/c1-5-6-14-7-9-18-16(11-14)17-12-15(8-10-19(17)28(18)25)22(4)13-29(26,27)21(2,3)20(23)24-22/h7-12H,13H2,1-4H3,(H2,23,24)/t22-,28?/m0/s1. The third-order valence-electron chi connectivity index (χ3n) is 5.77. The quantitative estimate of drug-likeness (QED) is 0.606. The van der Waals surface area contributed by atoms with Crippen molar-refractivity contribution >= 4 is 26.5 Å². The third-order valence-corrected chi connectivity index (χ3v) is 9.99. The monoisotopic (exact) mass is 426 g/mol. The van der Waals surface area contributed by atoms with Gasteiger partial charge >= 0.3 is 0 Å². The summed E-state index contributed by atoms with van der Waals surface area (Å²) in [6.07, 6.45) is 0. The predicted molar refractivity (Wildman–Crippen MR) is 116 cm³/mol. The second-order valence-electron chi connectivity index (χ2n) is 8.11. The molecule has 29 heavy (non-hydrogen) atoms. The Morgan fingerprint density at radius 1 is 1.07 bits per heavy atom. The molecule has 4 rings (SSSR count). The molecule has 2 aliphatic rings. The van der Waals surface area contributed by atoms with Crippen molar-refractivity contribution in [2.24, 2.45) is 10.7 Å². The number of hydrogen-bond acceptors (Lipinski definition) is 5. The van der Waals surface area contributed by atoms with Gasteiger partial charge in [0.1, 0.15) is 10.6 Å². The van der Waals surface area contributed by atoms with Gasteiger partial charge in [-0.1, -0.05) is 12.0 Å². The number of amidine groups is 1. The van der Waals surface area contributed by atoms with Gasteiger partial charge in [0, 0.05) is 11.1 Å². The van der Waals surface area contributed by atoms with Crippen LogP contribution >= 0.6 is 0 Å². The van der Waals surface area contributed by atoms with Crippen molar-refractivity contribution in [3.05, 3.63) is 47.5 Å². The van der Waals surface area contributed by atoms with Gasteiger partial charge in [0.15, 0.2) is 9.84 Å². The first kappa shape index (κ1) is 19.9. The first-order chi connectivity index (χ1) is 13.5. The van der Waals surface area contributed by atoms with Crippen LogP contribution in [0.1, 0.15) is 38.8 Å².